The summed E-state index contributed by atoms with van der Waals surface area (Å²) in [6, 6.07) is 0. The first-order chi connectivity index (χ1) is 25.4. The Labute approximate surface area is 323 Å². The third-order valence-electron chi connectivity index (χ3n) is 10.3. The molecule has 6 heteroatoms. The maximum absolute atomic E-state index is 12.7. The summed E-state index contributed by atoms with van der Waals surface area (Å²) in [5, 5.41) is 0. The van der Waals surface area contributed by atoms with Crippen LogP contribution in [-0.2, 0) is 28.6 Å². The molecule has 0 rings (SSSR count). The predicted molar refractivity (Wildman–Crippen MR) is 220 cm³/mol. The van der Waals surface area contributed by atoms with E-state index in [2.05, 4.69) is 27.7 Å². The molecule has 0 aliphatic rings. The van der Waals surface area contributed by atoms with Gasteiger partial charge in [-0.25, -0.2) is 0 Å². The number of ether oxygens (including phenoxy) is 3. The van der Waals surface area contributed by atoms with Crippen molar-refractivity contribution >= 4 is 17.9 Å². The molecule has 0 aromatic carbocycles. The van der Waals surface area contributed by atoms with E-state index in [1.165, 1.54) is 148 Å². The van der Waals surface area contributed by atoms with Gasteiger partial charge in [-0.3, -0.25) is 14.4 Å². The fourth-order valence-corrected chi connectivity index (χ4v) is 6.80. The van der Waals surface area contributed by atoms with Crippen molar-refractivity contribution in [3.8, 4) is 0 Å². The molecule has 0 N–H and O–H groups in total. The van der Waals surface area contributed by atoms with Gasteiger partial charge in [-0.05, 0) is 25.2 Å². The summed E-state index contributed by atoms with van der Waals surface area (Å²) in [5.41, 5.74) is 0. The second-order valence-corrected chi connectivity index (χ2v) is 16.2. The quantitative estimate of drug-likeness (QED) is 0.0353. The number of esters is 3. The fourth-order valence-electron chi connectivity index (χ4n) is 6.80. The van der Waals surface area contributed by atoms with E-state index in [1.54, 1.807) is 0 Å². The third kappa shape index (κ3) is 39.6. The lowest BCUT2D eigenvalue weighted by Crippen LogP contribution is -2.30. The van der Waals surface area contributed by atoms with Crippen LogP contribution in [0.4, 0.5) is 0 Å². The SMILES string of the molecule is CCCCCCCCCCCCCCCCCC(=O)O[C@@H](COC(=O)CCCCCCCCCCCC)COC(=O)CCCCCCCCC(C)C. The first-order valence-corrected chi connectivity index (χ1v) is 22.9. The molecule has 0 aliphatic heterocycles. The maximum atomic E-state index is 12.7. The van der Waals surface area contributed by atoms with E-state index in [0.717, 1.165) is 63.7 Å². The Morgan fingerprint density at radius 2 is 0.635 bits per heavy atom. The Kier molecular flexibility index (Phi) is 39.4. The molecule has 0 aromatic rings. The molecule has 0 aromatic heterocycles. The zero-order valence-electron chi connectivity index (χ0n) is 35.3. The Morgan fingerprint density at radius 3 is 0.942 bits per heavy atom. The Morgan fingerprint density at radius 1 is 0.365 bits per heavy atom. The fraction of sp³-hybridized carbons (Fsp3) is 0.935. The highest BCUT2D eigenvalue weighted by Gasteiger charge is 2.19. The van der Waals surface area contributed by atoms with Gasteiger partial charge in [0.1, 0.15) is 13.2 Å². The minimum absolute atomic E-state index is 0.0646. The number of carbonyl (C=O) groups excluding carboxylic acids is 3. The van der Waals surface area contributed by atoms with Gasteiger partial charge >= 0.3 is 17.9 Å². The second-order valence-electron chi connectivity index (χ2n) is 16.2. The smallest absolute Gasteiger partial charge is 0.306 e. The summed E-state index contributed by atoms with van der Waals surface area (Å²) in [4.78, 5) is 37.6. The average molecular weight is 737 g/mol. The monoisotopic (exact) mass is 737 g/mol. The normalized spacial score (nSPS) is 11.9. The molecule has 308 valence electrons. The average Bonchev–Trinajstić information content (AvgIpc) is 3.12. The van der Waals surface area contributed by atoms with Crippen LogP contribution in [0.3, 0.4) is 0 Å². The van der Waals surface area contributed by atoms with Gasteiger partial charge in [0, 0.05) is 19.3 Å². The van der Waals surface area contributed by atoms with Crippen molar-refractivity contribution < 1.29 is 28.6 Å². The van der Waals surface area contributed by atoms with Gasteiger partial charge in [0.05, 0.1) is 0 Å². The summed E-state index contributed by atoms with van der Waals surface area (Å²) < 4.78 is 16.7. The molecule has 0 radical (unpaired) electrons. The zero-order chi connectivity index (χ0) is 38.2. The summed E-state index contributed by atoms with van der Waals surface area (Å²) >= 11 is 0. The Bertz CT molecular complexity index is 781. The number of rotatable bonds is 41. The highest BCUT2D eigenvalue weighted by molar-refractivity contribution is 5.71. The van der Waals surface area contributed by atoms with Crippen LogP contribution in [0.15, 0.2) is 0 Å². The van der Waals surface area contributed by atoms with Gasteiger partial charge in [-0.1, -0.05) is 214 Å². The van der Waals surface area contributed by atoms with Gasteiger partial charge < -0.3 is 14.2 Å². The second kappa shape index (κ2) is 40.6. The molecule has 0 saturated heterocycles. The lowest BCUT2D eigenvalue weighted by molar-refractivity contribution is -0.167. The lowest BCUT2D eigenvalue weighted by atomic mass is 10.0. The van der Waals surface area contributed by atoms with Gasteiger partial charge in [-0.2, -0.15) is 0 Å². The topological polar surface area (TPSA) is 78.9 Å². The molecule has 0 unspecified atom stereocenters. The molecule has 52 heavy (non-hydrogen) atoms. The highest BCUT2D eigenvalue weighted by atomic mass is 16.6. The first-order valence-electron chi connectivity index (χ1n) is 22.9. The van der Waals surface area contributed by atoms with Crippen molar-refractivity contribution in [3.63, 3.8) is 0 Å². The minimum Gasteiger partial charge on any atom is -0.462 e. The Balaban J connectivity index is 4.30. The third-order valence-corrected chi connectivity index (χ3v) is 10.3. The van der Waals surface area contributed by atoms with Crippen LogP contribution < -0.4 is 0 Å². The Hall–Kier alpha value is -1.59. The van der Waals surface area contributed by atoms with Crippen LogP contribution >= 0.6 is 0 Å². The molecule has 6 nitrogen and oxygen atoms in total. The maximum Gasteiger partial charge on any atom is 0.306 e. The van der Waals surface area contributed by atoms with Crippen molar-refractivity contribution in [2.24, 2.45) is 5.92 Å². The molecular weight excluding hydrogens is 648 g/mol. The molecule has 0 fully saturated rings. The van der Waals surface area contributed by atoms with Crippen molar-refractivity contribution in [2.75, 3.05) is 13.2 Å². The van der Waals surface area contributed by atoms with E-state index in [0.29, 0.717) is 19.3 Å². The van der Waals surface area contributed by atoms with Crippen LogP contribution in [-0.4, -0.2) is 37.2 Å². The zero-order valence-corrected chi connectivity index (χ0v) is 35.3. The standard InChI is InChI=1S/C46H88O6/c1-5-7-9-11-13-15-17-18-19-20-21-23-25-31-35-39-46(49)52-43(41-51-45(48)38-34-30-27-26-28-32-36-42(3)4)40-50-44(47)37-33-29-24-22-16-14-12-10-8-6-2/h42-43H,5-41H2,1-4H3/t43-/m0/s1. The van der Waals surface area contributed by atoms with E-state index in [-0.39, 0.29) is 31.1 Å². The molecule has 0 spiro atoms. The van der Waals surface area contributed by atoms with Crippen LogP contribution in [0.1, 0.15) is 252 Å². The van der Waals surface area contributed by atoms with Crippen molar-refractivity contribution in [1.82, 2.24) is 0 Å². The van der Waals surface area contributed by atoms with Crippen molar-refractivity contribution in [3.05, 3.63) is 0 Å². The van der Waals surface area contributed by atoms with E-state index in [4.69, 9.17) is 14.2 Å². The molecule has 0 heterocycles. The van der Waals surface area contributed by atoms with Crippen LogP contribution in [0.2, 0.25) is 0 Å². The predicted octanol–water partition coefficient (Wildman–Crippen LogP) is 14.3. The van der Waals surface area contributed by atoms with Crippen LogP contribution in [0.5, 0.6) is 0 Å². The largest absolute Gasteiger partial charge is 0.462 e. The van der Waals surface area contributed by atoms with Gasteiger partial charge in [-0.15, -0.1) is 0 Å². The molecular formula is C46H88O6. The van der Waals surface area contributed by atoms with Gasteiger partial charge in [0.25, 0.3) is 0 Å². The highest BCUT2D eigenvalue weighted by Crippen LogP contribution is 2.16. The lowest BCUT2D eigenvalue weighted by Gasteiger charge is -2.18. The van der Waals surface area contributed by atoms with E-state index < -0.39 is 6.10 Å². The van der Waals surface area contributed by atoms with E-state index >= 15 is 0 Å². The van der Waals surface area contributed by atoms with Crippen LogP contribution in [0.25, 0.3) is 0 Å². The van der Waals surface area contributed by atoms with E-state index in [9.17, 15) is 14.4 Å². The number of unbranched alkanes of at least 4 members (excludes halogenated alkanes) is 28. The molecule has 0 aliphatic carbocycles. The molecule has 1 atom stereocenters. The summed E-state index contributed by atoms with van der Waals surface area (Å²) in [5.74, 6) is -0.0958. The number of carbonyl (C=O) groups is 3. The van der Waals surface area contributed by atoms with E-state index in [1.807, 2.05) is 0 Å². The van der Waals surface area contributed by atoms with Crippen molar-refractivity contribution in [1.29, 1.82) is 0 Å². The molecule has 0 bridgehead atoms. The summed E-state index contributed by atoms with van der Waals surface area (Å²) in [6.45, 7) is 8.92. The number of hydrogen-bond donors (Lipinski definition) is 0. The van der Waals surface area contributed by atoms with Crippen LogP contribution in [0, 0.1) is 5.92 Å². The van der Waals surface area contributed by atoms with Gasteiger partial charge in [0.15, 0.2) is 6.10 Å². The minimum atomic E-state index is -0.759. The van der Waals surface area contributed by atoms with Gasteiger partial charge in [0.2, 0.25) is 0 Å². The summed E-state index contributed by atoms with van der Waals surface area (Å²) in [7, 11) is 0. The molecule has 0 saturated carbocycles. The summed E-state index contributed by atoms with van der Waals surface area (Å²) in [6.07, 6.45) is 39.5. The first kappa shape index (κ1) is 50.4. The molecule has 0 amide bonds. The number of hydrogen-bond acceptors (Lipinski definition) is 6. The van der Waals surface area contributed by atoms with Crippen molar-refractivity contribution in [2.45, 2.75) is 259 Å².